The van der Waals surface area contributed by atoms with Gasteiger partial charge in [-0.2, -0.15) is 0 Å². The van der Waals surface area contributed by atoms with E-state index in [9.17, 15) is 4.79 Å². The molecule has 0 saturated carbocycles. The van der Waals surface area contributed by atoms with Crippen LogP contribution in [0.25, 0.3) is 0 Å². The van der Waals surface area contributed by atoms with Gasteiger partial charge < -0.3 is 10.6 Å². The topological polar surface area (TPSA) is 41.1 Å². The number of fused-ring (bicyclic) bond motifs is 1. The van der Waals surface area contributed by atoms with E-state index in [2.05, 4.69) is 37.5 Å². The Hall–Kier alpha value is -1.35. The summed E-state index contributed by atoms with van der Waals surface area (Å²) in [7, 11) is 0. The van der Waals surface area contributed by atoms with Gasteiger partial charge in [0.2, 0.25) is 0 Å². The lowest BCUT2D eigenvalue weighted by atomic mass is 9.93. The molecular formula is C17H26N2O. The van der Waals surface area contributed by atoms with E-state index in [0.29, 0.717) is 5.92 Å². The van der Waals surface area contributed by atoms with Crippen LogP contribution in [-0.2, 0) is 13.0 Å². The number of benzene rings is 1. The first kappa shape index (κ1) is 15.0. The Morgan fingerprint density at radius 3 is 2.80 bits per heavy atom. The largest absolute Gasteiger partial charge is 0.349 e. The molecule has 1 aromatic carbocycles. The maximum absolute atomic E-state index is 12.5. The standard InChI is InChI=1S/C17H26N2O/c1-4-13(5-2)12(3)19-17(20)16-8-6-7-14-11-18-10-9-15(14)16/h6-8,12-13,18H,4-5,9-11H2,1-3H3,(H,19,20). The van der Waals surface area contributed by atoms with E-state index in [-0.39, 0.29) is 11.9 Å². The molecule has 1 aromatic rings. The van der Waals surface area contributed by atoms with Gasteiger partial charge in [-0.1, -0.05) is 38.8 Å². The fourth-order valence-corrected chi connectivity index (χ4v) is 3.14. The van der Waals surface area contributed by atoms with Crippen LogP contribution in [0.5, 0.6) is 0 Å². The molecule has 1 aliphatic rings. The van der Waals surface area contributed by atoms with Crippen molar-refractivity contribution < 1.29 is 4.79 Å². The van der Waals surface area contributed by atoms with Crippen LogP contribution >= 0.6 is 0 Å². The van der Waals surface area contributed by atoms with Gasteiger partial charge in [0.1, 0.15) is 0 Å². The summed E-state index contributed by atoms with van der Waals surface area (Å²) in [6.07, 6.45) is 3.15. The van der Waals surface area contributed by atoms with Crippen molar-refractivity contribution in [1.82, 2.24) is 10.6 Å². The Labute approximate surface area is 122 Å². The van der Waals surface area contributed by atoms with Gasteiger partial charge >= 0.3 is 0 Å². The van der Waals surface area contributed by atoms with Gasteiger partial charge in [0.25, 0.3) is 5.91 Å². The van der Waals surface area contributed by atoms with Crippen LogP contribution in [-0.4, -0.2) is 18.5 Å². The van der Waals surface area contributed by atoms with E-state index in [1.165, 1.54) is 11.1 Å². The summed E-state index contributed by atoms with van der Waals surface area (Å²) >= 11 is 0. The molecule has 0 aromatic heterocycles. The van der Waals surface area contributed by atoms with Gasteiger partial charge in [0.15, 0.2) is 0 Å². The van der Waals surface area contributed by atoms with Gasteiger partial charge in [-0.25, -0.2) is 0 Å². The Morgan fingerprint density at radius 1 is 1.35 bits per heavy atom. The van der Waals surface area contributed by atoms with E-state index >= 15 is 0 Å². The van der Waals surface area contributed by atoms with E-state index in [1.807, 2.05) is 12.1 Å². The Bertz CT molecular complexity index is 466. The molecule has 20 heavy (non-hydrogen) atoms. The lowest BCUT2D eigenvalue weighted by Crippen LogP contribution is -2.38. The molecule has 3 heteroatoms. The van der Waals surface area contributed by atoms with Crippen LogP contribution in [0.1, 0.15) is 55.1 Å². The highest BCUT2D eigenvalue weighted by Gasteiger charge is 2.20. The second-order valence-corrected chi connectivity index (χ2v) is 5.71. The summed E-state index contributed by atoms with van der Waals surface area (Å²) in [5.74, 6) is 0.642. The van der Waals surface area contributed by atoms with Crippen molar-refractivity contribution in [1.29, 1.82) is 0 Å². The van der Waals surface area contributed by atoms with Crippen molar-refractivity contribution in [3.63, 3.8) is 0 Å². The van der Waals surface area contributed by atoms with Crippen LogP contribution < -0.4 is 10.6 Å². The fourth-order valence-electron chi connectivity index (χ4n) is 3.14. The molecule has 110 valence electrons. The highest BCUT2D eigenvalue weighted by Crippen LogP contribution is 2.20. The van der Waals surface area contributed by atoms with E-state index in [4.69, 9.17) is 0 Å². The van der Waals surface area contributed by atoms with Crippen LogP contribution in [0.2, 0.25) is 0 Å². The first-order valence-corrected chi connectivity index (χ1v) is 7.79. The second kappa shape index (κ2) is 6.89. The third-order valence-corrected chi connectivity index (χ3v) is 4.50. The molecular weight excluding hydrogens is 248 g/mol. The smallest absolute Gasteiger partial charge is 0.251 e. The first-order valence-electron chi connectivity index (χ1n) is 7.79. The highest BCUT2D eigenvalue weighted by molar-refractivity contribution is 5.96. The molecule has 2 rings (SSSR count). The zero-order valence-corrected chi connectivity index (χ0v) is 12.8. The van der Waals surface area contributed by atoms with E-state index in [1.54, 1.807) is 0 Å². The highest BCUT2D eigenvalue weighted by atomic mass is 16.1. The van der Waals surface area contributed by atoms with Crippen LogP contribution in [0.4, 0.5) is 0 Å². The molecule has 3 nitrogen and oxygen atoms in total. The van der Waals surface area contributed by atoms with Gasteiger partial charge in [-0.05, 0) is 43.0 Å². The molecule has 1 unspecified atom stereocenters. The quantitative estimate of drug-likeness (QED) is 0.867. The van der Waals surface area contributed by atoms with Crippen molar-refractivity contribution in [3.05, 3.63) is 34.9 Å². The summed E-state index contributed by atoms with van der Waals surface area (Å²) in [6.45, 7) is 8.32. The average Bonchev–Trinajstić information content (AvgIpc) is 2.47. The molecule has 0 fully saturated rings. The first-order chi connectivity index (χ1) is 9.67. The minimum Gasteiger partial charge on any atom is -0.349 e. The predicted octanol–water partition coefficient (Wildman–Crippen LogP) is 2.89. The van der Waals surface area contributed by atoms with Crippen molar-refractivity contribution in [2.75, 3.05) is 6.54 Å². The molecule has 1 heterocycles. The number of hydrogen-bond donors (Lipinski definition) is 2. The number of rotatable bonds is 5. The van der Waals surface area contributed by atoms with E-state index < -0.39 is 0 Å². The zero-order valence-electron chi connectivity index (χ0n) is 12.8. The normalized spacial score (nSPS) is 15.8. The molecule has 1 atom stereocenters. The summed E-state index contributed by atoms with van der Waals surface area (Å²) in [4.78, 5) is 12.5. The lowest BCUT2D eigenvalue weighted by Gasteiger charge is -2.24. The van der Waals surface area contributed by atoms with Crippen molar-refractivity contribution >= 4 is 5.91 Å². The number of carbonyl (C=O) groups excluding carboxylic acids is 1. The van der Waals surface area contributed by atoms with Crippen molar-refractivity contribution in [2.45, 2.75) is 52.6 Å². The Balaban J connectivity index is 2.13. The summed E-state index contributed by atoms with van der Waals surface area (Å²) in [5.41, 5.74) is 3.35. The second-order valence-electron chi connectivity index (χ2n) is 5.71. The van der Waals surface area contributed by atoms with Crippen LogP contribution in [0, 0.1) is 5.92 Å². The minimum atomic E-state index is 0.0863. The van der Waals surface area contributed by atoms with Gasteiger partial charge in [-0.15, -0.1) is 0 Å². The van der Waals surface area contributed by atoms with Gasteiger partial charge in [0.05, 0.1) is 0 Å². The van der Waals surface area contributed by atoms with Gasteiger partial charge in [-0.3, -0.25) is 4.79 Å². The summed E-state index contributed by atoms with van der Waals surface area (Å²) < 4.78 is 0. The van der Waals surface area contributed by atoms with Crippen LogP contribution in [0.15, 0.2) is 18.2 Å². The molecule has 1 amide bonds. The molecule has 0 bridgehead atoms. The molecule has 1 aliphatic heterocycles. The molecule has 0 radical (unpaired) electrons. The summed E-state index contributed by atoms with van der Waals surface area (Å²) in [6, 6.07) is 6.29. The number of amides is 1. The Morgan fingerprint density at radius 2 is 2.10 bits per heavy atom. The van der Waals surface area contributed by atoms with Crippen LogP contribution in [0.3, 0.4) is 0 Å². The Kier molecular flexibility index (Phi) is 5.18. The van der Waals surface area contributed by atoms with Gasteiger partial charge in [0, 0.05) is 18.2 Å². The monoisotopic (exact) mass is 274 g/mol. The number of hydrogen-bond acceptors (Lipinski definition) is 2. The summed E-state index contributed by atoms with van der Waals surface area (Å²) in [5, 5.41) is 6.54. The molecule has 0 saturated heterocycles. The number of nitrogens with one attached hydrogen (secondary N) is 2. The zero-order chi connectivity index (χ0) is 14.5. The number of carbonyl (C=O) groups is 1. The molecule has 2 N–H and O–H groups in total. The van der Waals surface area contributed by atoms with Crippen molar-refractivity contribution in [2.24, 2.45) is 5.92 Å². The fraction of sp³-hybridized carbons (Fsp3) is 0.588. The van der Waals surface area contributed by atoms with E-state index in [0.717, 1.165) is 37.9 Å². The van der Waals surface area contributed by atoms with Crippen molar-refractivity contribution in [3.8, 4) is 0 Å². The average molecular weight is 274 g/mol. The third-order valence-electron chi connectivity index (χ3n) is 4.50. The maximum Gasteiger partial charge on any atom is 0.251 e. The molecule has 0 spiro atoms. The maximum atomic E-state index is 12.5. The lowest BCUT2D eigenvalue weighted by molar-refractivity contribution is 0.0924. The molecule has 0 aliphatic carbocycles. The third kappa shape index (κ3) is 3.21. The minimum absolute atomic E-state index is 0.0863. The SMILES string of the molecule is CCC(CC)C(C)NC(=O)c1cccc2c1CCNC2. The predicted molar refractivity (Wildman–Crippen MR) is 82.9 cm³/mol.